The Bertz CT molecular complexity index is 171. The molecule has 0 rings (SSSR count). The monoisotopic (exact) mass is 201 g/mol. The molecule has 0 radical (unpaired) electrons. The quantitative estimate of drug-likeness (QED) is 0.254. The minimum atomic E-state index is 0.266. The van der Waals surface area contributed by atoms with Crippen LogP contribution in [0.5, 0.6) is 0 Å². The number of nitrogens with one attached hydrogen (secondary N) is 1. The van der Waals surface area contributed by atoms with Gasteiger partial charge in [-0.1, -0.05) is 25.4 Å². The molecule has 2 unspecified atom stereocenters. The smallest absolute Gasteiger partial charge is 0.140 e. The van der Waals surface area contributed by atoms with Gasteiger partial charge in [-0.15, -0.1) is 0 Å². The van der Waals surface area contributed by atoms with Gasteiger partial charge in [-0.2, -0.15) is 0 Å². The largest absolute Gasteiger partial charge is 0.409 e. The summed E-state index contributed by atoms with van der Waals surface area (Å²) in [6.45, 7) is 6.40. The van der Waals surface area contributed by atoms with Crippen molar-refractivity contribution in [2.75, 3.05) is 0 Å². The average molecular weight is 201 g/mol. The Morgan fingerprint density at radius 3 is 2.57 bits per heavy atom. The second kappa shape index (κ2) is 7.62. The summed E-state index contributed by atoms with van der Waals surface area (Å²) in [7, 11) is 0. The van der Waals surface area contributed by atoms with Crippen LogP contribution in [0.4, 0.5) is 0 Å². The zero-order chi connectivity index (χ0) is 11.0. The molecule has 0 heterocycles. The van der Waals surface area contributed by atoms with Crippen molar-refractivity contribution < 1.29 is 5.21 Å². The number of hydrogen-bond donors (Lipinski definition) is 3. The Morgan fingerprint density at radius 2 is 2.14 bits per heavy atom. The summed E-state index contributed by atoms with van der Waals surface area (Å²) < 4.78 is 0. The van der Waals surface area contributed by atoms with Crippen LogP contribution in [0.1, 0.15) is 46.5 Å². The van der Waals surface area contributed by atoms with Gasteiger partial charge in [-0.25, -0.2) is 0 Å². The van der Waals surface area contributed by atoms with Crippen LogP contribution in [0.3, 0.4) is 0 Å². The highest BCUT2D eigenvalue weighted by molar-refractivity contribution is 5.80. The first kappa shape index (κ1) is 13.2. The van der Waals surface area contributed by atoms with Crippen molar-refractivity contribution in [1.82, 2.24) is 5.32 Å². The van der Waals surface area contributed by atoms with Gasteiger partial charge in [-0.3, -0.25) is 0 Å². The molecule has 0 aromatic carbocycles. The molecule has 0 saturated heterocycles. The third-order valence-electron chi connectivity index (χ3n) is 2.29. The molecule has 0 spiro atoms. The fraction of sp³-hybridized carbons (Fsp3) is 0.900. The molecule has 0 aliphatic carbocycles. The molecule has 0 fully saturated rings. The van der Waals surface area contributed by atoms with Gasteiger partial charge >= 0.3 is 0 Å². The van der Waals surface area contributed by atoms with Crippen molar-refractivity contribution in [2.45, 2.75) is 58.5 Å². The van der Waals surface area contributed by atoms with Crippen LogP contribution in [0.2, 0.25) is 0 Å². The summed E-state index contributed by atoms with van der Waals surface area (Å²) in [6, 6.07) is 0.809. The molecular formula is C10H23N3O. The van der Waals surface area contributed by atoms with Crippen LogP contribution >= 0.6 is 0 Å². The predicted octanol–water partition coefficient (Wildman–Crippen LogP) is 1.68. The summed E-state index contributed by atoms with van der Waals surface area (Å²) in [6.07, 6.45) is 4.07. The number of oxime groups is 1. The maximum absolute atomic E-state index is 8.41. The lowest BCUT2D eigenvalue weighted by Crippen LogP contribution is -2.38. The van der Waals surface area contributed by atoms with E-state index in [9.17, 15) is 0 Å². The van der Waals surface area contributed by atoms with E-state index in [0.29, 0.717) is 12.5 Å². The molecule has 0 aliphatic heterocycles. The van der Waals surface area contributed by atoms with E-state index < -0.39 is 0 Å². The summed E-state index contributed by atoms with van der Waals surface area (Å²) in [4.78, 5) is 0. The number of nitrogens with zero attached hydrogens (tertiary/aromatic N) is 1. The van der Waals surface area contributed by atoms with Crippen LogP contribution in [0.15, 0.2) is 5.16 Å². The van der Waals surface area contributed by atoms with Gasteiger partial charge in [0.2, 0.25) is 0 Å². The van der Waals surface area contributed by atoms with Crippen molar-refractivity contribution in [3.63, 3.8) is 0 Å². The SMILES string of the molecule is CCCC(CC)NC(C)CC(N)=NO. The van der Waals surface area contributed by atoms with E-state index in [1.807, 2.05) is 0 Å². The van der Waals surface area contributed by atoms with Crippen LogP contribution in [0, 0.1) is 0 Å². The molecule has 4 heteroatoms. The van der Waals surface area contributed by atoms with Gasteiger partial charge in [0, 0.05) is 18.5 Å². The fourth-order valence-corrected chi connectivity index (χ4v) is 1.57. The van der Waals surface area contributed by atoms with E-state index in [2.05, 4.69) is 31.2 Å². The van der Waals surface area contributed by atoms with Gasteiger partial charge in [0.05, 0.1) is 0 Å². The predicted molar refractivity (Wildman–Crippen MR) is 59.6 cm³/mol. The van der Waals surface area contributed by atoms with Crippen LogP contribution in [-0.2, 0) is 0 Å². The van der Waals surface area contributed by atoms with Gasteiger partial charge in [0.25, 0.3) is 0 Å². The zero-order valence-corrected chi connectivity index (χ0v) is 9.45. The topological polar surface area (TPSA) is 70.6 Å². The van der Waals surface area contributed by atoms with E-state index in [-0.39, 0.29) is 11.9 Å². The molecule has 0 aromatic rings. The number of nitrogens with two attached hydrogens (primary N) is 1. The average Bonchev–Trinajstić information content (AvgIpc) is 2.16. The molecule has 4 N–H and O–H groups in total. The third-order valence-corrected chi connectivity index (χ3v) is 2.29. The molecular weight excluding hydrogens is 178 g/mol. The number of rotatable bonds is 7. The van der Waals surface area contributed by atoms with Crippen molar-refractivity contribution >= 4 is 5.84 Å². The van der Waals surface area contributed by atoms with E-state index >= 15 is 0 Å². The summed E-state index contributed by atoms with van der Waals surface area (Å²) in [5.41, 5.74) is 5.43. The summed E-state index contributed by atoms with van der Waals surface area (Å²) in [5.74, 6) is 0.288. The minimum Gasteiger partial charge on any atom is -0.409 e. The van der Waals surface area contributed by atoms with Crippen molar-refractivity contribution in [3.05, 3.63) is 0 Å². The maximum atomic E-state index is 8.41. The molecule has 2 atom stereocenters. The molecule has 84 valence electrons. The Kier molecular flexibility index (Phi) is 7.20. The number of amidine groups is 1. The van der Waals surface area contributed by atoms with Crippen LogP contribution in [-0.4, -0.2) is 23.1 Å². The van der Waals surface area contributed by atoms with Gasteiger partial charge < -0.3 is 16.3 Å². The molecule has 0 aliphatic rings. The van der Waals surface area contributed by atoms with E-state index in [1.54, 1.807) is 0 Å². The fourth-order valence-electron chi connectivity index (χ4n) is 1.57. The molecule has 0 aromatic heterocycles. The molecule has 0 bridgehead atoms. The standard InChI is InChI=1S/C10H23N3O/c1-4-6-9(5-2)12-8(3)7-10(11)13-14/h8-9,12,14H,4-7H2,1-3H3,(H2,11,13). The lowest BCUT2D eigenvalue weighted by atomic mass is 10.1. The van der Waals surface area contributed by atoms with Crippen LogP contribution < -0.4 is 11.1 Å². The third kappa shape index (κ3) is 5.80. The Labute approximate surface area is 86.6 Å². The second-order valence-corrected chi connectivity index (χ2v) is 3.76. The number of hydrogen-bond acceptors (Lipinski definition) is 3. The first-order chi connectivity index (χ1) is 6.63. The second-order valence-electron chi connectivity index (χ2n) is 3.76. The highest BCUT2D eigenvalue weighted by Gasteiger charge is 2.10. The van der Waals surface area contributed by atoms with Gasteiger partial charge in [0.1, 0.15) is 5.84 Å². The molecule has 0 saturated carbocycles. The van der Waals surface area contributed by atoms with Crippen LogP contribution in [0.25, 0.3) is 0 Å². The lowest BCUT2D eigenvalue weighted by Gasteiger charge is -2.21. The Balaban J connectivity index is 3.83. The maximum Gasteiger partial charge on any atom is 0.140 e. The van der Waals surface area contributed by atoms with Gasteiger partial charge in [0.15, 0.2) is 0 Å². The zero-order valence-electron chi connectivity index (χ0n) is 9.45. The minimum absolute atomic E-state index is 0.266. The summed E-state index contributed by atoms with van der Waals surface area (Å²) in [5, 5.41) is 14.8. The normalized spacial score (nSPS) is 16.6. The summed E-state index contributed by atoms with van der Waals surface area (Å²) >= 11 is 0. The lowest BCUT2D eigenvalue weighted by molar-refractivity contribution is 0.315. The highest BCUT2D eigenvalue weighted by atomic mass is 16.4. The molecule has 4 nitrogen and oxygen atoms in total. The Hall–Kier alpha value is -0.770. The van der Waals surface area contributed by atoms with E-state index in [0.717, 1.165) is 6.42 Å². The van der Waals surface area contributed by atoms with Crippen molar-refractivity contribution in [2.24, 2.45) is 10.9 Å². The van der Waals surface area contributed by atoms with Crippen molar-refractivity contribution in [3.8, 4) is 0 Å². The van der Waals surface area contributed by atoms with Crippen molar-refractivity contribution in [1.29, 1.82) is 0 Å². The first-order valence-electron chi connectivity index (χ1n) is 5.36. The van der Waals surface area contributed by atoms with E-state index in [1.165, 1.54) is 12.8 Å². The van der Waals surface area contributed by atoms with E-state index in [4.69, 9.17) is 10.9 Å². The van der Waals surface area contributed by atoms with Gasteiger partial charge in [-0.05, 0) is 19.8 Å². The first-order valence-corrected chi connectivity index (χ1v) is 5.36. The Morgan fingerprint density at radius 1 is 1.50 bits per heavy atom. The highest BCUT2D eigenvalue weighted by Crippen LogP contribution is 2.03. The molecule has 0 amide bonds. The molecule has 14 heavy (non-hydrogen) atoms.